The maximum atomic E-state index is 10.5. The lowest BCUT2D eigenvalue weighted by atomic mass is 10.2. The lowest BCUT2D eigenvalue weighted by Crippen LogP contribution is -2.22. The van der Waals surface area contributed by atoms with Gasteiger partial charge in [0.25, 0.3) is 0 Å². The monoisotopic (exact) mass is 360 g/mol. The van der Waals surface area contributed by atoms with E-state index < -0.39 is 33.5 Å². The second-order valence-corrected chi connectivity index (χ2v) is 5.65. The fraction of sp³-hybridized carbons (Fsp3) is 1.00. The predicted octanol–water partition coefficient (Wildman–Crippen LogP) is -0.225. The Balaban J connectivity index is 4.14. The third-order valence-electron chi connectivity index (χ3n) is 1.56. The molecule has 122 valence electrons. The van der Waals surface area contributed by atoms with Crippen molar-refractivity contribution in [3.63, 3.8) is 0 Å². The maximum Gasteiger partial charge on any atom is 0.397 e. The highest BCUT2D eigenvalue weighted by atomic mass is 32.3. The van der Waals surface area contributed by atoms with Crippen LogP contribution in [0.5, 0.6) is 0 Å². The first-order valence-corrected chi connectivity index (χ1v) is 8.07. The van der Waals surface area contributed by atoms with E-state index in [0.29, 0.717) is 0 Å². The topological polar surface area (TPSA) is 175 Å². The average Bonchev–Trinajstić information content (AvgIpc) is 2.24. The van der Waals surface area contributed by atoms with Crippen LogP contribution in [0.1, 0.15) is 12.8 Å². The summed E-state index contributed by atoms with van der Waals surface area (Å²) in [6, 6.07) is 0. The number of hydrogen-bond acceptors (Lipinski definition) is 11. The van der Waals surface area contributed by atoms with Gasteiger partial charge in [-0.15, -0.1) is 4.33 Å². The molecule has 0 bridgehead atoms. The zero-order chi connectivity index (χ0) is 15.6. The summed E-state index contributed by atoms with van der Waals surface area (Å²) in [5.74, 6) is 0. The minimum absolute atomic E-state index is 0.115. The zero-order valence-corrected chi connectivity index (χ0v) is 12.1. The standard InChI is InChI=1S/C5H12O12S3/c6-16-17-18-13-3-1-5(15-20(10,11)12)2-4-14-19(7,8)9/h5-6H,1-4H2,(H,7,8,9)(H,10,11,12). The van der Waals surface area contributed by atoms with Crippen LogP contribution >= 0.6 is 12.3 Å². The molecule has 0 aromatic rings. The zero-order valence-electron chi connectivity index (χ0n) is 9.65. The second-order valence-electron chi connectivity index (χ2n) is 3.01. The van der Waals surface area contributed by atoms with E-state index in [1.807, 2.05) is 0 Å². The van der Waals surface area contributed by atoms with E-state index in [2.05, 4.69) is 21.9 Å². The number of rotatable bonds is 12. The van der Waals surface area contributed by atoms with Crippen molar-refractivity contribution in [1.29, 1.82) is 0 Å². The summed E-state index contributed by atoms with van der Waals surface area (Å²) in [7, 11) is -9.43. The maximum absolute atomic E-state index is 10.5. The first-order chi connectivity index (χ1) is 9.14. The number of hydrogen-bond donors (Lipinski definition) is 3. The average molecular weight is 360 g/mol. The van der Waals surface area contributed by atoms with Crippen molar-refractivity contribution in [2.75, 3.05) is 13.2 Å². The van der Waals surface area contributed by atoms with Gasteiger partial charge in [-0.2, -0.15) is 16.8 Å². The lowest BCUT2D eigenvalue weighted by molar-refractivity contribution is -0.434. The minimum atomic E-state index is -4.76. The Kier molecular flexibility index (Phi) is 9.76. The highest BCUT2D eigenvalue weighted by Crippen LogP contribution is 2.12. The smallest absolute Gasteiger partial charge is 0.289 e. The molecule has 0 saturated carbocycles. The molecule has 0 saturated heterocycles. The molecule has 0 heterocycles. The second kappa shape index (κ2) is 9.79. The summed E-state index contributed by atoms with van der Waals surface area (Å²) in [5, 5.41) is 11.0. The van der Waals surface area contributed by atoms with Crippen molar-refractivity contribution >= 4 is 33.1 Å². The van der Waals surface area contributed by atoms with Crippen LogP contribution in [0.3, 0.4) is 0 Å². The molecule has 1 unspecified atom stereocenters. The molecule has 3 N–H and O–H groups in total. The third-order valence-corrected chi connectivity index (χ3v) is 2.92. The molecule has 15 heteroatoms. The summed E-state index contributed by atoms with van der Waals surface area (Å²) in [5.41, 5.74) is 0. The first kappa shape index (κ1) is 19.9. The van der Waals surface area contributed by atoms with Crippen molar-refractivity contribution in [2.24, 2.45) is 0 Å². The molecule has 0 aliphatic rings. The van der Waals surface area contributed by atoms with E-state index in [1.54, 1.807) is 0 Å². The van der Waals surface area contributed by atoms with Crippen LogP contribution in [0.15, 0.2) is 0 Å². The van der Waals surface area contributed by atoms with Crippen LogP contribution in [0, 0.1) is 0 Å². The van der Waals surface area contributed by atoms with Crippen LogP contribution in [0.2, 0.25) is 0 Å². The van der Waals surface area contributed by atoms with Crippen molar-refractivity contribution in [1.82, 2.24) is 0 Å². The Hall–Kier alpha value is -0.0700. The Bertz CT molecular complexity index is 442. The largest absolute Gasteiger partial charge is 0.397 e. The van der Waals surface area contributed by atoms with Crippen molar-refractivity contribution in [3.8, 4) is 0 Å². The lowest BCUT2D eigenvalue weighted by Gasteiger charge is -2.14. The molecule has 1 atom stereocenters. The highest BCUT2D eigenvalue weighted by Gasteiger charge is 2.18. The molecule has 0 rings (SSSR count). The Morgan fingerprint density at radius 2 is 1.60 bits per heavy atom. The van der Waals surface area contributed by atoms with Gasteiger partial charge in [0.15, 0.2) is 12.3 Å². The van der Waals surface area contributed by atoms with E-state index in [-0.39, 0.29) is 31.8 Å². The van der Waals surface area contributed by atoms with Crippen LogP contribution < -0.4 is 0 Å². The molecule has 20 heavy (non-hydrogen) atoms. The highest BCUT2D eigenvalue weighted by molar-refractivity contribution is 7.89. The molecule has 0 fully saturated rings. The predicted molar refractivity (Wildman–Crippen MR) is 61.5 cm³/mol. The molecule has 0 aromatic heterocycles. The fourth-order valence-corrected chi connectivity index (χ4v) is 2.01. The normalized spacial score (nSPS) is 14.3. The molecular weight excluding hydrogens is 348 g/mol. The van der Waals surface area contributed by atoms with Crippen molar-refractivity contribution in [3.05, 3.63) is 0 Å². The van der Waals surface area contributed by atoms with Crippen molar-refractivity contribution < 1.29 is 53.1 Å². The van der Waals surface area contributed by atoms with Gasteiger partial charge >= 0.3 is 20.8 Å². The van der Waals surface area contributed by atoms with Gasteiger partial charge in [-0.05, 0) is 6.42 Å². The molecule has 0 aliphatic carbocycles. The van der Waals surface area contributed by atoms with Gasteiger partial charge in [0, 0.05) is 6.42 Å². The van der Waals surface area contributed by atoms with Gasteiger partial charge < -0.3 is 0 Å². The molecule has 0 radical (unpaired) electrons. The van der Waals surface area contributed by atoms with Gasteiger partial charge in [0.1, 0.15) is 0 Å². The summed E-state index contributed by atoms with van der Waals surface area (Å²) >= 11 is 0.234. The van der Waals surface area contributed by atoms with Gasteiger partial charge in [-0.1, -0.05) is 5.04 Å². The third kappa shape index (κ3) is 14.3. The fourth-order valence-electron chi connectivity index (χ4n) is 0.943. The quantitative estimate of drug-likeness (QED) is 0.137. The molecular formula is C5H12O12S3. The SMILES string of the molecule is O=S(=O)(O)OCCC(CCOSOOO)OS(=O)(=O)O. The van der Waals surface area contributed by atoms with Gasteiger partial charge in [-0.25, -0.2) is 13.6 Å². The summed E-state index contributed by atoms with van der Waals surface area (Å²) in [6.07, 6.45) is -1.58. The summed E-state index contributed by atoms with van der Waals surface area (Å²) in [4.78, 5) is 0. The van der Waals surface area contributed by atoms with Crippen LogP contribution in [-0.2, 0) is 42.7 Å². The molecule has 0 aliphatic heterocycles. The Morgan fingerprint density at radius 1 is 1.00 bits per heavy atom. The van der Waals surface area contributed by atoms with Crippen molar-refractivity contribution in [2.45, 2.75) is 18.9 Å². The molecule has 0 amide bonds. The molecule has 0 aromatic carbocycles. The molecule has 12 nitrogen and oxygen atoms in total. The van der Waals surface area contributed by atoms with Crippen LogP contribution in [0.25, 0.3) is 0 Å². The van der Waals surface area contributed by atoms with E-state index in [4.69, 9.17) is 14.4 Å². The summed E-state index contributed by atoms with van der Waals surface area (Å²) < 4.78 is 75.1. The minimum Gasteiger partial charge on any atom is -0.289 e. The Morgan fingerprint density at radius 3 is 2.10 bits per heavy atom. The van der Waals surface area contributed by atoms with Gasteiger partial charge in [0.2, 0.25) is 0 Å². The van der Waals surface area contributed by atoms with E-state index >= 15 is 0 Å². The van der Waals surface area contributed by atoms with Gasteiger partial charge in [0.05, 0.1) is 19.3 Å². The van der Waals surface area contributed by atoms with Gasteiger partial charge in [-0.3, -0.25) is 13.3 Å². The molecule has 0 spiro atoms. The van der Waals surface area contributed by atoms with E-state index in [0.717, 1.165) is 0 Å². The van der Waals surface area contributed by atoms with Crippen LogP contribution in [-0.4, -0.2) is 50.5 Å². The first-order valence-electron chi connectivity index (χ1n) is 4.68. The van der Waals surface area contributed by atoms with Crippen LogP contribution in [0.4, 0.5) is 0 Å². The summed E-state index contributed by atoms with van der Waals surface area (Å²) in [6.45, 7) is -0.748. The van der Waals surface area contributed by atoms with E-state index in [1.165, 1.54) is 0 Å². The van der Waals surface area contributed by atoms with E-state index in [9.17, 15) is 16.8 Å². The Labute approximate surface area is 119 Å².